The van der Waals surface area contributed by atoms with E-state index >= 15 is 0 Å². The van der Waals surface area contributed by atoms with Crippen LogP contribution in [0.5, 0.6) is 0 Å². The molecule has 1 aliphatic carbocycles. The maximum atomic E-state index is 12.9. The largest absolute Gasteiger partial charge is 0.331 e. The maximum absolute atomic E-state index is 12.9. The number of rotatable bonds is 4. The van der Waals surface area contributed by atoms with Gasteiger partial charge in [0.15, 0.2) is 0 Å². The van der Waals surface area contributed by atoms with Crippen LogP contribution in [-0.4, -0.2) is 21.8 Å². The van der Waals surface area contributed by atoms with Crippen LogP contribution in [0.15, 0.2) is 48.8 Å². The van der Waals surface area contributed by atoms with Crippen LogP contribution >= 0.6 is 0 Å². The summed E-state index contributed by atoms with van der Waals surface area (Å²) in [6.07, 6.45) is 5.78. The van der Waals surface area contributed by atoms with Gasteiger partial charge in [-0.25, -0.2) is 0 Å². The summed E-state index contributed by atoms with van der Waals surface area (Å²) < 4.78 is 0. The number of carbonyl (C=O) groups excluding carboxylic acids is 1. The van der Waals surface area contributed by atoms with E-state index in [1.807, 2.05) is 29.2 Å². The number of benzene rings is 1. The summed E-state index contributed by atoms with van der Waals surface area (Å²) in [5.41, 5.74) is 3.26. The molecule has 3 rings (SSSR count). The minimum atomic E-state index is 0.106. The van der Waals surface area contributed by atoms with Gasteiger partial charge in [0.25, 0.3) is 5.91 Å². The molecule has 0 spiro atoms. The number of nitrogens with zero attached hydrogens (tertiary/aromatic N) is 2. The monoisotopic (exact) mass is 308 g/mol. The fraction of sp³-hybridized carbons (Fsp3) is 0.400. The lowest BCUT2D eigenvalue weighted by Gasteiger charge is -2.24. The smallest absolute Gasteiger partial charge is 0.254 e. The molecule has 0 aliphatic heterocycles. The molecule has 1 saturated carbocycles. The van der Waals surface area contributed by atoms with E-state index in [9.17, 15) is 4.79 Å². The van der Waals surface area contributed by atoms with Crippen molar-refractivity contribution in [2.24, 2.45) is 0 Å². The van der Waals surface area contributed by atoms with Gasteiger partial charge in [0, 0.05) is 30.5 Å². The highest BCUT2D eigenvalue weighted by Gasteiger charge is 2.33. The van der Waals surface area contributed by atoms with Crippen molar-refractivity contribution in [3.05, 3.63) is 65.5 Å². The van der Waals surface area contributed by atoms with Gasteiger partial charge in [-0.3, -0.25) is 9.78 Å². The molecule has 3 nitrogen and oxygen atoms in total. The van der Waals surface area contributed by atoms with E-state index in [0.29, 0.717) is 12.6 Å². The van der Waals surface area contributed by atoms with Gasteiger partial charge in [-0.15, -0.1) is 0 Å². The molecule has 0 radical (unpaired) electrons. The predicted molar refractivity (Wildman–Crippen MR) is 92.3 cm³/mol. The van der Waals surface area contributed by atoms with Crippen LogP contribution in [0, 0.1) is 0 Å². The third-order valence-electron chi connectivity index (χ3n) is 4.35. The third-order valence-corrected chi connectivity index (χ3v) is 4.35. The van der Waals surface area contributed by atoms with Crippen molar-refractivity contribution < 1.29 is 4.79 Å². The lowest BCUT2D eigenvalue weighted by atomic mass is 9.86. The van der Waals surface area contributed by atoms with Gasteiger partial charge in [-0.05, 0) is 53.6 Å². The average molecular weight is 308 g/mol. The lowest BCUT2D eigenvalue weighted by molar-refractivity contribution is 0.0730. The first-order chi connectivity index (χ1) is 10.9. The molecule has 0 bridgehead atoms. The molecule has 3 heteroatoms. The lowest BCUT2D eigenvalue weighted by Crippen LogP contribution is -2.32. The zero-order chi connectivity index (χ0) is 16.4. The van der Waals surface area contributed by atoms with Crippen molar-refractivity contribution in [3.8, 4) is 0 Å². The van der Waals surface area contributed by atoms with Crippen LogP contribution in [0.2, 0.25) is 0 Å². The highest BCUT2D eigenvalue weighted by atomic mass is 16.2. The molecular formula is C20H24N2O. The minimum Gasteiger partial charge on any atom is -0.331 e. The Bertz CT molecular complexity index is 667. The second-order valence-electron chi connectivity index (χ2n) is 7.35. The average Bonchev–Trinajstić information content (AvgIpc) is 3.37. The highest BCUT2D eigenvalue weighted by molar-refractivity contribution is 5.94. The number of pyridine rings is 1. The Hall–Kier alpha value is -2.16. The Morgan fingerprint density at radius 1 is 1.09 bits per heavy atom. The van der Waals surface area contributed by atoms with E-state index < -0.39 is 0 Å². The highest BCUT2D eigenvalue weighted by Crippen LogP contribution is 2.30. The SMILES string of the molecule is CC(C)(C)c1ccc(C(=O)N(Cc2ccncc2)C2CC2)cc1. The van der Waals surface area contributed by atoms with Gasteiger partial charge < -0.3 is 4.90 Å². The van der Waals surface area contributed by atoms with Gasteiger partial charge in [-0.1, -0.05) is 32.9 Å². The number of hydrogen-bond donors (Lipinski definition) is 0. The summed E-state index contributed by atoms with van der Waals surface area (Å²) >= 11 is 0. The van der Waals surface area contributed by atoms with Crippen LogP contribution in [0.1, 0.15) is 55.1 Å². The third kappa shape index (κ3) is 3.79. The zero-order valence-corrected chi connectivity index (χ0v) is 14.1. The van der Waals surface area contributed by atoms with E-state index in [4.69, 9.17) is 0 Å². The second-order valence-corrected chi connectivity index (χ2v) is 7.35. The minimum absolute atomic E-state index is 0.106. The predicted octanol–water partition coefficient (Wildman–Crippen LogP) is 4.18. The van der Waals surface area contributed by atoms with Gasteiger partial charge in [0.05, 0.1) is 0 Å². The first-order valence-electron chi connectivity index (χ1n) is 8.25. The molecule has 0 N–H and O–H groups in total. The molecule has 1 aromatic carbocycles. The molecule has 120 valence electrons. The molecule has 0 atom stereocenters. The van der Waals surface area contributed by atoms with Crippen molar-refractivity contribution in [3.63, 3.8) is 0 Å². The molecule has 1 heterocycles. The Balaban J connectivity index is 1.79. The van der Waals surface area contributed by atoms with Gasteiger partial charge in [-0.2, -0.15) is 0 Å². The molecule has 2 aromatic rings. The zero-order valence-electron chi connectivity index (χ0n) is 14.1. The first kappa shape index (κ1) is 15.7. The molecule has 1 aliphatic rings. The fourth-order valence-electron chi connectivity index (χ4n) is 2.72. The van der Waals surface area contributed by atoms with Crippen LogP contribution in [0.3, 0.4) is 0 Å². The Labute approximate surface area is 138 Å². The number of carbonyl (C=O) groups is 1. The summed E-state index contributed by atoms with van der Waals surface area (Å²) in [7, 11) is 0. The fourth-order valence-corrected chi connectivity index (χ4v) is 2.72. The topological polar surface area (TPSA) is 33.2 Å². The van der Waals surface area contributed by atoms with Crippen molar-refractivity contribution in [1.29, 1.82) is 0 Å². The van der Waals surface area contributed by atoms with Gasteiger partial charge >= 0.3 is 0 Å². The van der Waals surface area contributed by atoms with E-state index in [1.165, 1.54) is 5.56 Å². The molecule has 1 amide bonds. The van der Waals surface area contributed by atoms with Crippen molar-refractivity contribution in [1.82, 2.24) is 9.88 Å². The summed E-state index contributed by atoms with van der Waals surface area (Å²) in [6, 6.07) is 12.4. The number of aromatic nitrogens is 1. The Morgan fingerprint density at radius 3 is 2.22 bits per heavy atom. The van der Waals surface area contributed by atoms with E-state index in [2.05, 4.69) is 37.9 Å². The summed E-state index contributed by atoms with van der Waals surface area (Å²) in [4.78, 5) is 18.9. The molecule has 23 heavy (non-hydrogen) atoms. The molecular weight excluding hydrogens is 284 g/mol. The Morgan fingerprint density at radius 2 is 1.70 bits per heavy atom. The van der Waals surface area contributed by atoms with Crippen molar-refractivity contribution in [2.75, 3.05) is 0 Å². The molecule has 1 aromatic heterocycles. The van der Waals surface area contributed by atoms with Crippen LogP contribution in [0.4, 0.5) is 0 Å². The van der Waals surface area contributed by atoms with Crippen LogP contribution in [-0.2, 0) is 12.0 Å². The maximum Gasteiger partial charge on any atom is 0.254 e. The van der Waals surface area contributed by atoms with E-state index in [0.717, 1.165) is 24.0 Å². The normalized spacial score (nSPS) is 14.6. The summed E-state index contributed by atoms with van der Waals surface area (Å²) in [6.45, 7) is 7.21. The Kier molecular flexibility index (Phi) is 4.20. The number of hydrogen-bond acceptors (Lipinski definition) is 2. The molecule has 0 saturated heterocycles. The van der Waals surface area contributed by atoms with Crippen molar-refractivity contribution >= 4 is 5.91 Å². The van der Waals surface area contributed by atoms with Gasteiger partial charge in [0.2, 0.25) is 0 Å². The van der Waals surface area contributed by atoms with E-state index in [-0.39, 0.29) is 11.3 Å². The number of amides is 1. The summed E-state index contributed by atoms with van der Waals surface area (Å²) in [5, 5.41) is 0. The molecule has 1 fully saturated rings. The second kappa shape index (κ2) is 6.15. The van der Waals surface area contributed by atoms with Crippen LogP contribution in [0.25, 0.3) is 0 Å². The first-order valence-corrected chi connectivity index (χ1v) is 8.25. The van der Waals surface area contributed by atoms with Gasteiger partial charge in [0.1, 0.15) is 0 Å². The quantitative estimate of drug-likeness (QED) is 0.848. The van der Waals surface area contributed by atoms with E-state index in [1.54, 1.807) is 12.4 Å². The summed E-state index contributed by atoms with van der Waals surface area (Å²) in [5.74, 6) is 0.129. The van der Waals surface area contributed by atoms with Crippen LogP contribution < -0.4 is 0 Å². The standard InChI is InChI=1S/C20H24N2O/c1-20(2,3)17-6-4-16(5-7-17)19(23)22(18-8-9-18)14-15-10-12-21-13-11-15/h4-7,10-13,18H,8-9,14H2,1-3H3. The molecule has 0 unspecified atom stereocenters. The van der Waals surface area contributed by atoms with Crippen molar-refractivity contribution in [2.45, 2.75) is 51.6 Å².